The molecular weight excluding hydrogens is 268 g/mol. The summed E-state index contributed by atoms with van der Waals surface area (Å²) in [6.45, 7) is 0.670. The van der Waals surface area contributed by atoms with Gasteiger partial charge in [0.2, 0.25) is 5.91 Å². The van der Waals surface area contributed by atoms with Gasteiger partial charge in [0.1, 0.15) is 6.04 Å². The van der Waals surface area contributed by atoms with E-state index in [1.165, 1.54) is 0 Å². The van der Waals surface area contributed by atoms with Crippen molar-refractivity contribution in [3.8, 4) is 0 Å². The van der Waals surface area contributed by atoms with Crippen molar-refractivity contribution in [2.45, 2.75) is 12.5 Å². The number of hydrogen-bond donors (Lipinski definition) is 2. The minimum absolute atomic E-state index is 0.0488. The zero-order chi connectivity index (χ0) is 14.8. The molecule has 2 N–H and O–H groups in total. The quantitative estimate of drug-likeness (QED) is 0.879. The Labute approximate surface area is 122 Å². The average Bonchev–Trinajstić information content (AvgIpc) is 2.80. The summed E-state index contributed by atoms with van der Waals surface area (Å²) in [6.07, 6.45) is 4.07. The first-order chi connectivity index (χ1) is 10.1. The minimum atomic E-state index is -0.438. The van der Waals surface area contributed by atoms with Gasteiger partial charge in [0.25, 0.3) is 0 Å². The number of hydrogen-bond acceptors (Lipinski definition) is 3. The molecule has 1 aliphatic heterocycles. The maximum absolute atomic E-state index is 12.1. The number of carbonyl (C=O) groups excluding carboxylic acids is 2. The fourth-order valence-corrected chi connectivity index (χ4v) is 2.50. The minimum Gasteiger partial charge on any atom is -0.344 e. The lowest BCUT2D eigenvalue weighted by Crippen LogP contribution is -2.42. The van der Waals surface area contributed by atoms with Gasteiger partial charge in [-0.25, -0.2) is 4.79 Å². The summed E-state index contributed by atoms with van der Waals surface area (Å²) in [5.41, 5.74) is 0.700. The number of likely N-dealkylation sites (tertiary alicyclic amines) is 1. The highest BCUT2D eigenvalue weighted by molar-refractivity contribution is 6.02. The van der Waals surface area contributed by atoms with Gasteiger partial charge in [-0.05, 0) is 18.6 Å². The molecule has 6 heteroatoms. The van der Waals surface area contributed by atoms with Gasteiger partial charge in [-0.3, -0.25) is 9.78 Å². The molecule has 6 nitrogen and oxygen atoms in total. The lowest BCUT2D eigenvalue weighted by molar-refractivity contribution is -0.128. The monoisotopic (exact) mass is 284 g/mol. The van der Waals surface area contributed by atoms with Crippen LogP contribution in [0.15, 0.2) is 36.7 Å². The van der Waals surface area contributed by atoms with Gasteiger partial charge in [0, 0.05) is 36.8 Å². The third kappa shape index (κ3) is 2.65. The molecule has 2 heterocycles. The number of urea groups is 1. The topological polar surface area (TPSA) is 74.3 Å². The lowest BCUT2D eigenvalue weighted by Gasteiger charge is -2.14. The highest BCUT2D eigenvalue weighted by atomic mass is 16.2. The molecule has 0 radical (unpaired) electrons. The van der Waals surface area contributed by atoms with Gasteiger partial charge in [-0.15, -0.1) is 0 Å². The first-order valence-corrected chi connectivity index (χ1v) is 6.80. The van der Waals surface area contributed by atoms with E-state index in [9.17, 15) is 9.59 Å². The molecule has 108 valence electrons. The number of benzene rings is 1. The van der Waals surface area contributed by atoms with Gasteiger partial charge in [-0.1, -0.05) is 12.1 Å². The fourth-order valence-electron chi connectivity index (χ4n) is 2.50. The number of aromatic nitrogens is 1. The summed E-state index contributed by atoms with van der Waals surface area (Å²) in [4.78, 5) is 29.5. The Morgan fingerprint density at radius 1 is 1.38 bits per heavy atom. The van der Waals surface area contributed by atoms with Crippen molar-refractivity contribution in [2.75, 3.05) is 18.9 Å². The number of carbonyl (C=O) groups is 2. The van der Waals surface area contributed by atoms with Crippen molar-refractivity contribution in [3.63, 3.8) is 0 Å². The Balaban J connectivity index is 1.73. The van der Waals surface area contributed by atoms with E-state index in [0.717, 1.165) is 10.8 Å². The Hall–Kier alpha value is -2.63. The highest BCUT2D eigenvalue weighted by Gasteiger charge is 2.30. The maximum Gasteiger partial charge on any atom is 0.319 e. The van der Waals surface area contributed by atoms with Crippen LogP contribution in [0.5, 0.6) is 0 Å². The average molecular weight is 284 g/mol. The summed E-state index contributed by atoms with van der Waals surface area (Å²) < 4.78 is 0. The van der Waals surface area contributed by atoms with Crippen molar-refractivity contribution < 1.29 is 9.59 Å². The molecule has 0 spiro atoms. The molecule has 0 aliphatic carbocycles. The predicted octanol–water partition coefficient (Wildman–Crippen LogP) is 1.59. The van der Waals surface area contributed by atoms with Crippen LogP contribution in [0.1, 0.15) is 6.42 Å². The molecule has 0 saturated carbocycles. The molecule has 1 aromatic heterocycles. The third-order valence-electron chi connectivity index (χ3n) is 3.66. The summed E-state index contributed by atoms with van der Waals surface area (Å²) >= 11 is 0. The van der Waals surface area contributed by atoms with Crippen LogP contribution in [0.2, 0.25) is 0 Å². The first-order valence-electron chi connectivity index (χ1n) is 6.80. The van der Waals surface area contributed by atoms with Gasteiger partial charge < -0.3 is 15.5 Å². The second-order valence-corrected chi connectivity index (χ2v) is 5.10. The smallest absolute Gasteiger partial charge is 0.319 e. The highest BCUT2D eigenvalue weighted by Crippen LogP contribution is 2.22. The van der Waals surface area contributed by atoms with Crippen molar-refractivity contribution in [3.05, 3.63) is 36.7 Å². The van der Waals surface area contributed by atoms with E-state index in [0.29, 0.717) is 18.7 Å². The summed E-state index contributed by atoms with van der Waals surface area (Å²) in [6, 6.07) is 6.65. The molecule has 1 fully saturated rings. The van der Waals surface area contributed by atoms with Crippen molar-refractivity contribution in [1.29, 1.82) is 0 Å². The van der Waals surface area contributed by atoms with E-state index >= 15 is 0 Å². The number of rotatable bonds is 2. The van der Waals surface area contributed by atoms with Crippen LogP contribution in [0.4, 0.5) is 10.5 Å². The van der Waals surface area contributed by atoms with Crippen LogP contribution in [0.25, 0.3) is 10.8 Å². The van der Waals surface area contributed by atoms with Crippen LogP contribution in [-0.4, -0.2) is 41.5 Å². The van der Waals surface area contributed by atoms with Crippen molar-refractivity contribution >= 4 is 28.4 Å². The van der Waals surface area contributed by atoms with Crippen molar-refractivity contribution in [1.82, 2.24) is 15.2 Å². The molecule has 21 heavy (non-hydrogen) atoms. The Morgan fingerprint density at radius 3 is 3.00 bits per heavy atom. The fraction of sp³-hybridized carbons (Fsp3) is 0.267. The molecule has 1 aliphatic rings. The van der Waals surface area contributed by atoms with Gasteiger partial charge in [-0.2, -0.15) is 0 Å². The summed E-state index contributed by atoms with van der Waals surface area (Å²) in [7, 11) is 1.74. The Kier molecular flexibility index (Phi) is 3.43. The number of anilines is 1. The molecule has 1 aromatic carbocycles. The standard InChI is InChI=1S/C15H16N4O2/c1-19-8-6-13(14(19)20)18-15(21)17-12-4-2-3-10-9-16-7-5-11(10)12/h2-5,7,9,13H,6,8H2,1H3,(H2,17,18,21). The number of nitrogens with zero attached hydrogens (tertiary/aromatic N) is 2. The van der Waals surface area contributed by atoms with Crippen LogP contribution >= 0.6 is 0 Å². The zero-order valence-corrected chi connectivity index (χ0v) is 11.7. The van der Waals surface area contributed by atoms with Gasteiger partial charge in [0.05, 0.1) is 5.69 Å². The second-order valence-electron chi connectivity index (χ2n) is 5.10. The van der Waals surface area contributed by atoms with E-state index in [1.807, 2.05) is 24.3 Å². The normalized spacial score (nSPS) is 18.0. The zero-order valence-electron chi connectivity index (χ0n) is 11.7. The molecule has 2 aromatic rings. The first kappa shape index (κ1) is 13.4. The van der Waals surface area contributed by atoms with Crippen LogP contribution in [0.3, 0.4) is 0 Å². The molecule has 1 atom stereocenters. The summed E-state index contributed by atoms with van der Waals surface area (Å²) in [5, 5.41) is 7.38. The number of amides is 3. The molecular formula is C15H16N4O2. The SMILES string of the molecule is CN1CCC(NC(=O)Nc2cccc3cnccc23)C1=O. The van der Waals surface area contributed by atoms with E-state index in [2.05, 4.69) is 15.6 Å². The Morgan fingerprint density at radius 2 is 2.24 bits per heavy atom. The maximum atomic E-state index is 12.1. The van der Waals surface area contributed by atoms with Crippen molar-refractivity contribution in [2.24, 2.45) is 0 Å². The van der Waals surface area contributed by atoms with E-state index in [1.54, 1.807) is 24.3 Å². The van der Waals surface area contributed by atoms with Crippen LogP contribution < -0.4 is 10.6 Å². The number of likely N-dealkylation sites (N-methyl/N-ethyl adjacent to an activating group) is 1. The number of fused-ring (bicyclic) bond motifs is 1. The lowest BCUT2D eigenvalue weighted by atomic mass is 10.1. The Bertz CT molecular complexity index is 696. The van der Waals surface area contributed by atoms with Gasteiger partial charge >= 0.3 is 6.03 Å². The van der Waals surface area contributed by atoms with E-state index < -0.39 is 6.04 Å². The van der Waals surface area contributed by atoms with E-state index in [-0.39, 0.29) is 11.9 Å². The molecule has 1 unspecified atom stereocenters. The second kappa shape index (κ2) is 5.40. The molecule has 3 amide bonds. The largest absolute Gasteiger partial charge is 0.344 e. The number of pyridine rings is 1. The molecule has 0 bridgehead atoms. The van der Waals surface area contributed by atoms with Crippen LogP contribution in [0, 0.1) is 0 Å². The van der Waals surface area contributed by atoms with E-state index in [4.69, 9.17) is 0 Å². The van der Waals surface area contributed by atoms with Gasteiger partial charge in [0.15, 0.2) is 0 Å². The molecule has 3 rings (SSSR count). The summed E-state index contributed by atoms with van der Waals surface area (Å²) in [5.74, 6) is -0.0488. The van der Waals surface area contributed by atoms with Crippen LogP contribution in [-0.2, 0) is 4.79 Å². The third-order valence-corrected chi connectivity index (χ3v) is 3.66. The predicted molar refractivity (Wildman–Crippen MR) is 79.9 cm³/mol. The number of nitrogens with one attached hydrogen (secondary N) is 2. The molecule has 1 saturated heterocycles.